The monoisotopic (exact) mass is 384 g/mol. The molecule has 4 nitrogen and oxygen atoms in total. The van der Waals surface area contributed by atoms with Crippen molar-refractivity contribution >= 4 is 45.4 Å². The Morgan fingerprint density at radius 2 is 2.12 bits per heavy atom. The number of para-hydroxylation sites is 3. The van der Waals surface area contributed by atoms with Crippen LogP contribution >= 0.6 is 22.9 Å². The van der Waals surface area contributed by atoms with Crippen LogP contribution in [0.25, 0.3) is 11.6 Å². The van der Waals surface area contributed by atoms with E-state index < -0.39 is 0 Å². The lowest BCUT2D eigenvalue weighted by Crippen LogP contribution is -2.07. The molecule has 2 heterocycles. The Bertz CT molecular complexity index is 968. The second kappa shape index (κ2) is 7.40. The van der Waals surface area contributed by atoms with Gasteiger partial charge in [-0.3, -0.25) is 0 Å². The average Bonchev–Trinajstić information content (AvgIpc) is 3.12. The molecule has 132 valence electrons. The number of fused-ring (bicyclic) bond motifs is 1. The molecule has 0 aliphatic carbocycles. The van der Waals surface area contributed by atoms with Gasteiger partial charge < -0.3 is 14.8 Å². The van der Waals surface area contributed by atoms with Crippen molar-refractivity contribution in [2.24, 2.45) is 0 Å². The van der Waals surface area contributed by atoms with Gasteiger partial charge in [-0.25, -0.2) is 4.98 Å². The van der Waals surface area contributed by atoms with Gasteiger partial charge in [0.1, 0.15) is 18.1 Å². The molecular weight excluding hydrogens is 368 g/mol. The van der Waals surface area contributed by atoms with E-state index in [9.17, 15) is 0 Å². The largest absolute Gasteiger partial charge is 0.492 e. The standard InChI is InChI=1S/C20H17ClN2O2S/c1-2-24-18-9-4-3-8-16(18)22-20-23-17(12-26-20)14-10-13-6-5-7-15(21)19(13)25-11-14/h3-10,12H,2,11H2,1H3,(H,22,23). The minimum atomic E-state index is 0.454. The zero-order chi connectivity index (χ0) is 17.9. The fraction of sp³-hybridized carbons (Fsp3) is 0.150. The summed E-state index contributed by atoms with van der Waals surface area (Å²) in [5.74, 6) is 1.55. The number of rotatable bonds is 5. The van der Waals surface area contributed by atoms with Crippen LogP contribution in [0.4, 0.5) is 10.8 Å². The van der Waals surface area contributed by atoms with Crippen molar-refractivity contribution in [3.05, 3.63) is 64.1 Å². The third-order valence-electron chi connectivity index (χ3n) is 3.96. The van der Waals surface area contributed by atoms with Gasteiger partial charge in [-0.05, 0) is 31.2 Å². The molecule has 0 atom stereocenters. The number of halogens is 1. The summed E-state index contributed by atoms with van der Waals surface area (Å²) in [6.45, 7) is 3.04. The third-order valence-corrected chi connectivity index (χ3v) is 5.02. The smallest absolute Gasteiger partial charge is 0.187 e. The van der Waals surface area contributed by atoms with Crippen LogP contribution in [0.2, 0.25) is 5.02 Å². The van der Waals surface area contributed by atoms with Gasteiger partial charge in [-0.15, -0.1) is 11.3 Å². The molecular formula is C20H17ClN2O2S. The molecule has 1 aliphatic heterocycles. The molecule has 2 aromatic carbocycles. The van der Waals surface area contributed by atoms with Crippen molar-refractivity contribution in [3.8, 4) is 11.5 Å². The van der Waals surface area contributed by atoms with E-state index in [0.717, 1.165) is 39.1 Å². The number of hydrogen-bond acceptors (Lipinski definition) is 5. The zero-order valence-corrected chi connectivity index (χ0v) is 15.7. The van der Waals surface area contributed by atoms with E-state index in [-0.39, 0.29) is 0 Å². The number of anilines is 2. The molecule has 0 bridgehead atoms. The number of nitrogens with one attached hydrogen (secondary N) is 1. The first-order valence-electron chi connectivity index (χ1n) is 8.31. The second-order valence-corrected chi connectivity index (χ2v) is 6.97. The molecule has 1 N–H and O–H groups in total. The van der Waals surface area contributed by atoms with Crippen molar-refractivity contribution in [1.29, 1.82) is 0 Å². The first-order chi connectivity index (χ1) is 12.7. The van der Waals surface area contributed by atoms with Gasteiger partial charge in [0.2, 0.25) is 0 Å². The fourth-order valence-corrected chi connectivity index (χ4v) is 3.75. The predicted octanol–water partition coefficient (Wildman–Crippen LogP) is 5.87. The highest BCUT2D eigenvalue weighted by Gasteiger charge is 2.17. The van der Waals surface area contributed by atoms with Crippen molar-refractivity contribution in [1.82, 2.24) is 4.98 Å². The number of aromatic nitrogens is 1. The van der Waals surface area contributed by atoms with Gasteiger partial charge in [-0.1, -0.05) is 35.9 Å². The van der Waals surface area contributed by atoms with E-state index in [1.165, 1.54) is 0 Å². The molecule has 0 spiro atoms. The van der Waals surface area contributed by atoms with Crippen molar-refractivity contribution in [3.63, 3.8) is 0 Å². The average molecular weight is 385 g/mol. The number of benzene rings is 2. The maximum absolute atomic E-state index is 6.18. The molecule has 0 unspecified atom stereocenters. The van der Waals surface area contributed by atoms with Crippen LogP contribution in [-0.4, -0.2) is 18.2 Å². The second-order valence-electron chi connectivity index (χ2n) is 5.71. The number of thiazole rings is 1. The van der Waals surface area contributed by atoms with Gasteiger partial charge in [0.05, 0.1) is 23.0 Å². The first kappa shape index (κ1) is 16.9. The summed E-state index contributed by atoms with van der Waals surface area (Å²) in [6, 6.07) is 13.6. The van der Waals surface area contributed by atoms with Gasteiger partial charge in [0.25, 0.3) is 0 Å². The lowest BCUT2D eigenvalue weighted by atomic mass is 10.1. The summed E-state index contributed by atoms with van der Waals surface area (Å²) < 4.78 is 11.5. The van der Waals surface area contributed by atoms with Crippen LogP contribution in [0.15, 0.2) is 47.8 Å². The summed E-state index contributed by atoms with van der Waals surface area (Å²) in [6.07, 6.45) is 2.08. The summed E-state index contributed by atoms with van der Waals surface area (Å²) in [7, 11) is 0. The Morgan fingerprint density at radius 3 is 3.00 bits per heavy atom. The summed E-state index contributed by atoms with van der Waals surface area (Å²) in [5, 5.41) is 6.80. The molecule has 0 fully saturated rings. The Hall–Kier alpha value is -2.50. The fourth-order valence-electron chi connectivity index (χ4n) is 2.76. The van der Waals surface area contributed by atoms with E-state index in [4.69, 9.17) is 26.1 Å². The Morgan fingerprint density at radius 1 is 1.23 bits per heavy atom. The van der Waals surface area contributed by atoms with Gasteiger partial charge in [0, 0.05) is 16.5 Å². The summed E-state index contributed by atoms with van der Waals surface area (Å²) >= 11 is 7.73. The highest BCUT2D eigenvalue weighted by molar-refractivity contribution is 7.13. The van der Waals surface area contributed by atoms with E-state index in [1.54, 1.807) is 11.3 Å². The normalized spacial score (nSPS) is 12.8. The molecule has 0 saturated carbocycles. The minimum Gasteiger partial charge on any atom is -0.492 e. The minimum absolute atomic E-state index is 0.454. The maximum Gasteiger partial charge on any atom is 0.187 e. The molecule has 26 heavy (non-hydrogen) atoms. The van der Waals surface area contributed by atoms with E-state index in [1.807, 2.05) is 54.8 Å². The Balaban J connectivity index is 1.58. The highest BCUT2D eigenvalue weighted by atomic mass is 35.5. The highest BCUT2D eigenvalue weighted by Crippen LogP contribution is 2.37. The van der Waals surface area contributed by atoms with Crippen molar-refractivity contribution in [2.45, 2.75) is 6.92 Å². The van der Waals surface area contributed by atoms with Crippen LogP contribution in [0, 0.1) is 0 Å². The third kappa shape index (κ3) is 3.41. The van der Waals surface area contributed by atoms with Crippen molar-refractivity contribution in [2.75, 3.05) is 18.5 Å². The molecule has 1 aromatic heterocycles. The van der Waals surface area contributed by atoms with Gasteiger partial charge >= 0.3 is 0 Å². The number of hydrogen-bond donors (Lipinski definition) is 1. The van der Waals surface area contributed by atoms with Crippen molar-refractivity contribution < 1.29 is 9.47 Å². The van der Waals surface area contributed by atoms with Crippen LogP contribution < -0.4 is 14.8 Å². The molecule has 0 saturated heterocycles. The summed E-state index contributed by atoms with van der Waals surface area (Å²) in [4.78, 5) is 4.70. The van der Waals surface area contributed by atoms with E-state index >= 15 is 0 Å². The van der Waals surface area contributed by atoms with Gasteiger partial charge in [-0.2, -0.15) is 0 Å². The van der Waals surface area contributed by atoms with Crippen LogP contribution in [0.3, 0.4) is 0 Å². The molecule has 0 amide bonds. The van der Waals surface area contributed by atoms with Gasteiger partial charge in [0.15, 0.2) is 5.13 Å². The van der Waals surface area contributed by atoms with Crippen LogP contribution in [-0.2, 0) is 0 Å². The quantitative estimate of drug-likeness (QED) is 0.597. The molecule has 1 aliphatic rings. The predicted molar refractivity (Wildman–Crippen MR) is 108 cm³/mol. The van der Waals surface area contributed by atoms with Crippen LogP contribution in [0.1, 0.15) is 18.2 Å². The molecule has 0 radical (unpaired) electrons. The zero-order valence-electron chi connectivity index (χ0n) is 14.2. The SMILES string of the molecule is CCOc1ccccc1Nc1nc(C2=Cc3cccc(Cl)c3OC2)cs1. The number of nitrogens with zero attached hydrogens (tertiary/aromatic N) is 1. The van der Waals surface area contributed by atoms with E-state index in [2.05, 4.69) is 11.4 Å². The Labute approximate surface area is 161 Å². The molecule has 4 rings (SSSR count). The maximum atomic E-state index is 6.18. The topological polar surface area (TPSA) is 43.4 Å². The lowest BCUT2D eigenvalue weighted by molar-refractivity contribution is 0.342. The lowest BCUT2D eigenvalue weighted by Gasteiger charge is -2.17. The first-order valence-corrected chi connectivity index (χ1v) is 9.57. The molecule has 3 aromatic rings. The number of ether oxygens (including phenoxy) is 2. The molecule has 6 heteroatoms. The van der Waals surface area contributed by atoms with Crippen LogP contribution in [0.5, 0.6) is 11.5 Å². The Kier molecular flexibility index (Phi) is 4.82. The summed E-state index contributed by atoms with van der Waals surface area (Å²) in [5.41, 5.74) is 3.81. The van der Waals surface area contributed by atoms with E-state index in [0.29, 0.717) is 18.2 Å².